The largest absolute Gasteiger partial charge is 0.424 e. The first-order chi connectivity index (χ1) is 11.0. The molecule has 0 bridgehead atoms. The fraction of sp³-hybridized carbons (Fsp3) is 0.812. The number of hydrogen-bond acceptors (Lipinski definition) is 6. The van der Waals surface area contributed by atoms with Crippen molar-refractivity contribution in [1.82, 2.24) is 20.0 Å². The van der Waals surface area contributed by atoms with E-state index in [-0.39, 0.29) is 24.0 Å². The third-order valence-corrected chi connectivity index (χ3v) is 4.54. The lowest BCUT2D eigenvalue weighted by molar-refractivity contribution is -0.145. The second kappa shape index (κ2) is 6.97. The molecule has 0 spiro atoms. The first kappa shape index (κ1) is 16.4. The van der Waals surface area contributed by atoms with Gasteiger partial charge in [0.15, 0.2) is 0 Å². The van der Waals surface area contributed by atoms with Crippen molar-refractivity contribution in [2.75, 3.05) is 26.2 Å². The van der Waals surface area contributed by atoms with Gasteiger partial charge in [-0.25, -0.2) is 0 Å². The summed E-state index contributed by atoms with van der Waals surface area (Å²) >= 11 is 0. The minimum absolute atomic E-state index is 0.148. The molecule has 2 fully saturated rings. The Morgan fingerprint density at radius 2 is 2.17 bits per heavy atom. The highest BCUT2D eigenvalue weighted by atomic mass is 16.5. The van der Waals surface area contributed by atoms with Crippen LogP contribution < -0.4 is 0 Å². The summed E-state index contributed by atoms with van der Waals surface area (Å²) in [6.45, 7) is 9.88. The van der Waals surface area contributed by atoms with E-state index in [1.54, 1.807) is 0 Å². The van der Waals surface area contributed by atoms with Crippen LogP contribution >= 0.6 is 0 Å². The van der Waals surface area contributed by atoms with Gasteiger partial charge in [0.05, 0.1) is 6.54 Å². The van der Waals surface area contributed by atoms with Crippen molar-refractivity contribution >= 4 is 5.91 Å². The lowest BCUT2D eigenvalue weighted by Gasteiger charge is -2.40. The zero-order valence-corrected chi connectivity index (χ0v) is 14.2. The molecule has 2 saturated heterocycles. The average Bonchev–Trinajstić information content (AvgIpc) is 3.18. The quantitative estimate of drug-likeness (QED) is 0.834. The van der Waals surface area contributed by atoms with Gasteiger partial charge in [-0.2, -0.15) is 0 Å². The topological polar surface area (TPSA) is 71.7 Å². The molecular weight excluding hydrogens is 296 g/mol. The second-order valence-corrected chi connectivity index (χ2v) is 6.81. The van der Waals surface area contributed by atoms with Gasteiger partial charge in [-0.05, 0) is 19.8 Å². The van der Waals surface area contributed by atoms with Gasteiger partial charge >= 0.3 is 0 Å². The number of hydrogen-bond donors (Lipinski definition) is 0. The lowest BCUT2D eigenvalue weighted by Crippen LogP contribution is -2.55. The molecule has 23 heavy (non-hydrogen) atoms. The van der Waals surface area contributed by atoms with Gasteiger partial charge in [0.1, 0.15) is 6.10 Å². The number of piperazine rings is 1. The van der Waals surface area contributed by atoms with Crippen molar-refractivity contribution in [3.05, 3.63) is 11.8 Å². The molecule has 0 radical (unpaired) electrons. The molecule has 2 aliphatic rings. The van der Waals surface area contributed by atoms with E-state index in [9.17, 15) is 4.79 Å². The number of nitrogens with zero attached hydrogens (tertiary/aromatic N) is 4. The van der Waals surface area contributed by atoms with E-state index in [2.05, 4.69) is 22.0 Å². The maximum absolute atomic E-state index is 12.5. The van der Waals surface area contributed by atoms with Gasteiger partial charge in [-0.1, -0.05) is 13.8 Å². The van der Waals surface area contributed by atoms with Crippen LogP contribution in [0.5, 0.6) is 0 Å². The Bertz CT molecular complexity index is 539. The molecule has 3 rings (SSSR count). The number of carbonyl (C=O) groups excluding carboxylic acids is 1. The first-order valence-electron chi connectivity index (χ1n) is 8.51. The van der Waals surface area contributed by atoms with Crippen LogP contribution in [0.2, 0.25) is 0 Å². The summed E-state index contributed by atoms with van der Waals surface area (Å²) in [5.41, 5.74) is 0. The minimum Gasteiger partial charge on any atom is -0.424 e. The summed E-state index contributed by atoms with van der Waals surface area (Å²) in [5, 5.41) is 8.19. The van der Waals surface area contributed by atoms with Crippen LogP contribution in [0.25, 0.3) is 0 Å². The summed E-state index contributed by atoms with van der Waals surface area (Å²) < 4.78 is 11.2. The fourth-order valence-electron chi connectivity index (χ4n) is 3.22. The van der Waals surface area contributed by atoms with Crippen LogP contribution in [-0.4, -0.2) is 64.3 Å². The average molecular weight is 322 g/mol. The van der Waals surface area contributed by atoms with Crippen molar-refractivity contribution in [3.63, 3.8) is 0 Å². The zero-order valence-electron chi connectivity index (χ0n) is 14.2. The molecule has 1 aromatic heterocycles. The number of carbonyl (C=O) groups is 1. The molecule has 2 aliphatic heterocycles. The van der Waals surface area contributed by atoms with Gasteiger partial charge in [-0.3, -0.25) is 9.69 Å². The van der Waals surface area contributed by atoms with Crippen molar-refractivity contribution in [2.45, 2.75) is 58.2 Å². The van der Waals surface area contributed by atoms with E-state index in [4.69, 9.17) is 9.15 Å². The molecule has 1 aromatic rings. The maximum Gasteiger partial charge on any atom is 0.252 e. The van der Waals surface area contributed by atoms with Crippen LogP contribution in [0.1, 0.15) is 51.3 Å². The van der Waals surface area contributed by atoms with Gasteiger partial charge in [-0.15, -0.1) is 10.2 Å². The van der Waals surface area contributed by atoms with Crippen molar-refractivity contribution in [3.8, 4) is 0 Å². The molecule has 0 saturated carbocycles. The molecule has 2 atom stereocenters. The van der Waals surface area contributed by atoms with Crippen LogP contribution in [0.3, 0.4) is 0 Å². The Labute approximate surface area is 137 Å². The minimum atomic E-state index is -0.228. The predicted octanol–water partition coefficient (Wildman–Crippen LogP) is 1.40. The summed E-state index contributed by atoms with van der Waals surface area (Å²) in [6, 6.07) is 0.174. The molecular formula is C16H26N4O3. The number of ether oxygens (including phenoxy) is 1. The van der Waals surface area contributed by atoms with Crippen LogP contribution in [-0.2, 0) is 16.1 Å². The number of amides is 1. The van der Waals surface area contributed by atoms with Crippen molar-refractivity contribution in [1.29, 1.82) is 0 Å². The molecule has 7 heteroatoms. The summed E-state index contributed by atoms with van der Waals surface area (Å²) in [4.78, 5) is 16.7. The van der Waals surface area contributed by atoms with E-state index in [0.29, 0.717) is 24.9 Å². The summed E-state index contributed by atoms with van der Waals surface area (Å²) in [7, 11) is 0. The Morgan fingerprint density at radius 1 is 1.35 bits per heavy atom. The molecule has 1 amide bonds. The highest BCUT2D eigenvalue weighted by Crippen LogP contribution is 2.20. The van der Waals surface area contributed by atoms with E-state index in [1.165, 1.54) is 0 Å². The molecule has 128 valence electrons. The second-order valence-electron chi connectivity index (χ2n) is 6.81. The Balaban J connectivity index is 1.54. The predicted molar refractivity (Wildman–Crippen MR) is 83.8 cm³/mol. The third-order valence-electron chi connectivity index (χ3n) is 4.54. The normalized spacial score (nSPS) is 26.2. The highest BCUT2D eigenvalue weighted by Gasteiger charge is 2.34. The lowest BCUT2D eigenvalue weighted by atomic mass is 10.1. The Hall–Kier alpha value is -1.47. The molecule has 0 N–H and O–H groups in total. The molecule has 3 heterocycles. The molecule has 7 nitrogen and oxygen atoms in total. The van der Waals surface area contributed by atoms with Crippen molar-refractivity contribution < 1.29 is 13.9 Å². The Morgan fingerprint density at radius 3 is 2.78 bits per heavy atom. The van der Waals surface area contributed by atoms with Gasteiger partial charge in [0.2, 0.25) is 11.8 Å². The number of aromatic nitrogens is 2. The van der Waals surface area contributed by atoms with E-state index in [1.807, 2.05) is 18.7 Å². The zero-order chi connectivity index (χ0) is 16.4. The summed E-state index contributed by atoms with van der Waals surface area (Å²) in [5.74, 6) is 1.73. The smallest absolute Gasteiger partial charge is 0.252 e. The van der Waals surface area contributed by atoms with Crippen LogP contribution in [0.15, 0.2) is 4.42 Å². The van der Waals surface area contributed by atoms with Gasteiger partial charge in [0.25, 0.3) is 5.91 Å². The summed E-state index contributed by atoms with van der Waals surface area (Å²) in [6.07, 6.45) is 1.61. The highest BCUT2D eigenvalue weighted by molar-refractivity contribution is 5.81. The fourth-order valence-corrected chi connectivity index (χ4v) is 3.22. The molecule has 0 aliphatic carbocycles. The van der Waals surface area contributed by atoms with Gasteiger partial charge in [0, 0.05) is 38.2 Å². The maximum atomic E-state index is 12.5. The first-order valence-corrected chi connectivity index (χ1v) is 8.51. The standard InChI is InChI=1S/C16H26N4O3/c1-11(2)15-18-17-14(23-15)10-19-6-7-20(12(3)9-19)16(21)13-5-4-8-22-13/h11-13H,4-10H2,1-3H3/t12-,13+/m1/s1. The van der Waals surface area contributed by atoms with E-state index >= 15 is 0 Å². The van der Waals surface area contributed by atoms with E-state index < -0.39 is 0 Å². The SMILES string of the molecule is CC(C)c1nnc(CN2CCN(C(=O)[C@@H]3CCCO3)[C@H](C)C2)o1. The number of rotatable bonds is 4. The third kappa shape index (κ3) is 3.72. The Kier molecular flexibility index (Phi) is 4.96. The van der Waals surface area contributed by atoms with Crippen molar-refractivity contribution in [2.24, 2.45) is 0 Å². The van der Waals surface area contributed by atoms with Gasteiger partial charge < -0.3 is 14.1 Å². The van der Waals surface area contributed by atoms with Crippen LogP contribution in [0.4, 0.5) is 0 Å². The molecule has 0 aromatic carbocycles. The monoisotopic (exact) mass is 322 g/mol. The van der Waals surface area contributed by atoms with Crippen LogP contribution in [0, 0.1) is 0 Å². The molecule has 0 unspecified atom stereocenters. The van der Waals surface area contributed by atoms with E-state index in [0.717, 1.165) is 32.5 Å².